The SMILES string of the molecule is CC(C)(C)c1ccc(N2c3cccc4c3B(c3cc5c(cc3O4)Oc3cccc4c3B5c3ccccc3N4c3ccccc3)c3c2sc2c(C(C)(C)C)cccc32)cc1. The van der Waals surface area contributed by atoms with Gasteiger partial charge < -0.3 is 19.3 Å². The van der Waals surface area contributed by atoms with Crippen LogP contribution < -0.4 is 52.1 Å². The minimum absolute atomic E-state index is 0.0179. The topological polar surface area (TPSA) is 24.9 Å². The molecule has 0 aliphatic carbocycles. The van der Waals surface area contributed by atoms with Gasteiger partial charge in [0.05, 0.1) is 5.00 Å². The van der Waals surface area contributed by atoms with Gasteiger partial charge in [0.2, 0.25) is 0 Å². The molecule has 0 radical (unpaired) electrons. The third-order valence-corrected chi connectivity index (χ3v) is 14.1. The maximum absolute atomic E-state index is 7.05. The summed E-state index contributed by atoms with van der Waals surface area (Å²) in [6.45, 7) is 13.8. The Balaban J connectivity index is 1.11. The van der Waals surface area contributed by atoms with Crippen LogP contribution in [-0.4, -0.2) is 13.4 Å². The van der Waals surface area contributed by atoms with E-state index < -0.39 is 0 Å². The van der Waals surface area contributed by atoms with Crippen LogP contribution in [0.4, 0.5) is 33.4 Å². The number of hydrogen-bond acceptors (Lipinski definition) is 5. The van der Waals surface area contributed by atoms with Gasteiger partial charge in [-0.05, 0) is 115 Å². The van der Waals surface area contributed by atoms with Crippen molar-refractivity contribution in [2.45, 2.75) is 52.4 Å². The zero-order valence-electron chi connectivity index (χ0n) is 34.1. The van der Waals surface area contributed by atoms with Crippen molar-refractivity contribution in [1.29, 1.82) is 0 Å². The van der Waals surface area contributed by atoms with Crippen molar-refractivity contribution in [3.63, 3.8) is 0 Å². The molecule has 8 aromatic rings. The minimum Gasteiger partial charge on any atom is -0.458 e. The van der Waals surface area contributed by atoms with E-state index in [9.17, 15) is 0 Å². The highest BCUT2D eigenvalue weighted by molar-refractivity contribution is 7.26. The normalized spacial score (nSPS) is 14.4. The maximum atomic E-state index is 7.05. The van der Waals surface area contributed by atoms with Crippen LogP contribution in [0.1, 0.15) is 52.7 Å². The Kier molecular flexibility index (Phi) is 7.19. The summed E-state index contributed by atoms with van der Waals surface area (Å²) in [7, 11) is 0. The second-order valence-corrected chi connectivity index (χ2v) is 19.5. The smallest absolute Gasteiger partial charge is 0.258 e. The van der Waals surface area contributed by atoms with Crippen LogP contribution >= 0.6 is 11.3 Å². The quantitative estimate of drug-likeness (QED) is 0.163. The molecule has 0 amide bonds. The van der Waals surface area contributed by atoms with Crippen LogP contribution in [0, 0.1) is 0 Å². The van der Waals surface area contributed by atoms with Crippen molar-refractivity contribution in [3.05, 3.63) is 157 Å². The van der Waals surface area contributed by atoms with E-state index >= 15 is 0 Å². The van der Waals surface area contributed by atoms with Gasteiger partial charge in [0.15, 0.2) is 0 Å². The Hall–Kier alpha value is -6.17. The van der Waals surface area contributed by atoms with Crippen LogP contribution in [0.25, 0.3) is 10.1 Å². The number of para-hydroxylation sites is 2. The Labute approximate surface area is 350 Å². The number of nitrogens with zero attached hydrogens (tertiary/aromatic N) is 2. The number of benzene rings is 7. The molecule has 5 heterocycles. The van der Waals surface area contributed by atoms with Gasteiger partial charge in [-0.25, -0.2) is 0 Å². The van der Waals surface area contributed by atoms with Crippen molar-refractivity contribution < 1.29 is 9.47 Å². The minimum atomic E-state index is -0.0457. The largest absolute Gasteiger partial charge is 0.458 e. The predicted molar refractivity (Wildman–Crippen MR) is 251 cm³/mol. The predicted octanol–water partition coefficient (Wildman–Crippen LogP) is 10.3. The van der Waals surface area contributed by atoms with E-state index in [0.717, 1.165) is 40.1 Å². The average Bonchev–Trinajstić information content (AvgIpc) is 3.62. The van der Waals surface area contributed by atoms with Crippen LogP contribution in [0.15, 0.2) is 146 Å². The van der Waals surface area contributed by atoms with E-state index in [1.165, 1.54) is 70.4 Å². The van der Waals surface area contributed by atoms with Gasteiger partial charge in [0.25, 0.3) is 13.4 Å². The molecule has 0 saturated carbocycles. The highest BCUT2D eigenvalue weighted by atomic mass is 32.1. The van der Waals surface area contributed by atoms with Crippen molar-refractivity contribution in [1.82, 2.24) is 0 Å². The van der Waals surface area contributed by atoms with Gasteiger partial charge in [-0.1, -0.05) is 126 Å². The molecule has 0 fully saturated rings. The van der Waals surface area contributed by atoms with Gasteiger partial charge >= 0.3 is 0 Å². The van der Waals surface area contributed by atoms with Gasteiger partial charge in [0, 0.05) is 39.2 Å². The number of thiophene rings is 1. The molecule has 59 heavy (non-hydrogen) atoms. The molecule has 4 aliphatic heterocycles. The molecule has 7 aromatic carbocycles. The zero-order chi connectivity index (χ0) is 39.9. The van der Waals surface area contributed by atoms with Crippen molar-refractivity contribution >= 4 is 101 Å². The summed E-state index contributed by atoms with van der Waals surface area (Å²) < 4.78 is 15.4. The number of rotatable bonds is 2. The van der Waals surface area contributed by atoms with Gasteiger partial charge in [-0.3, -0.25) is 0 Å². The van der Waals surface area contributed by atoms with Gasteiger partial charge in [-0.15, -0.1) is 11.3 Å². The van der Waals surface area contributed by atoms with E-state index in [-0.39, 0.29) is 24.3 Å². The summed E-state index contributed by atoms with van der Waals surface area (Å²) in [6, 6.07) is 53.4. The summed E-state index contributed by atoms with van der Waals surface area (Å²) in [4.78, 5) is 4.89. The Bertz CT molecular complexity index is 3050. The maximum Gasteiger partial charge on any atom is 0.258 e. The highest BCUT2D eigenvalue weighted by Gasteiger charge is 2.47. The number of hydrogen-bond donors (Lipinski definition) is 0. The highest BCUT2D eigenvalue weighted by Crippen LogP contribution is 2.48. The molecular formula is C52H42B2N2O2S. The lowest BCUT2D eigenvalue weighted by atomic mass is 9.31. The molecule has 12 rings (SSSR count). The second kappa shape index (κ2) is 12.2. The fourth-order valence-electron chi connectivity index (χ4n) is 10.2. The molecule has 7 heteroatoms. The molecule has 0 spiro atoms. The molecule has 4 aliphatic rings. The molecule has 0 saturated heterocycles. The number of anilines is 6. The Morgan fingerprint density at radius 1 is 0.458 bits per heavy atom. The molecular weight excluding hydrogens is 738 g/mol. The summed E-state index contributed by atoms with van der Waals surface area (Å²) in [5.41, 5.74) is 15.9. The standard InChI is InChI=1S/C52H42B2N2O2S/c1-51(2,3)31-25-27-33(28-26-31)56-41-22-14-24-43-48(41)54(46-34-17-12-18-35(52(4,5)6)49(34)59-50(46)56)38-29-37-44(30-45(38)58-43)57-42-23-13-21-40-47(42)53(37)36-19-10-11-20-39(36)55(40)32-15-8-7-9-16-32/h7-30H,1-6H3. The lowest BCUT2D eigenvalue weighted by molar-refractivity contribution is 0.466. The molecule has 0 unspecified atom stereocenters. The Morgan fingerprint density at radius 3 is 1.75 bits per heavy atom. The third-order valence-electron chi connectivity index (χ3n) is 12.9. The molecule has 0 N–H and O–H groups in total. The monoisotopic (exact) mass is 780 g/mol. The van der Waals surface area contributed by atoms with Crippen molar-refractivity contribution in [2.24, 2.45) is 0 Å². The van der Waals surface area contributed by atoms with Gasteiger partial charge in [0.1, 0.15) is 23.0 Å². The molecule has 284 valence electrons. The lowest BCUT2D eigenvalue weighted by Crippen LogP contribution is -2.63. The third kappa shape index (κ3) is 4.98. The number of ether oxygens (including phenoxy) is 2. The Morgan fingerprint density at radius 2 is 1.05 bits per heavy atom. The summed E-state index contributed by atoms with van der Waals surface area (Å²) in [5.74, 6) is 3.49. The first-order chi connectivity index (χ1) is 28.5. The fourth-order valence-corrected chi connectivity index (χ4v) is 11.8. The van der Waals surface area contributed by atoms with Crippen LogP contribution in [0.2, 0.25) is 0 Å². The first-order valence-corrected chi connectivity index (χ1v) is 21.6. The van der Waals surface area contributed by atoms with Crippen LogP contribution in [-0.2, 0) is 10.8 Å². The van der Waals surface area contributed by atoms with Crippen LogP contribution in [0.5, 0.6) is 23.0 Å². The number of fused-ring (bicyclic) bond motifs is 10. The summed E-state index contributed by atoms with van der Waals surface area (Å²) in [5, 5.41) is 2.58. The molecule has 4 nitrogen and oxygen atoms in total. The average molecular weight is 781 g/mol. The summed E-state index contributed by atoms with van der Waals surface area (Å²) in [6.07, 6.45) is 0. The van der Waals surface area contributed by atoms with Crippen molar-refractivity contribution in [3.8, 4) is 23.0 Å². The molecule has 0 bridgehead atoms. The summed E-state index contributed by atoms with van der Waals surface area (Å²) >= 11 is 1.93. The van der Waals surface area contributed by atoms with Crippen LogP contribution in [0.3, 0.4) is 0 Å². The van der Waals surface area contributed by atoms with Gasteiger partial charge in [-0.2, -0.15) is 0 Å². The van der Waals surface area contributed by atoms with E-state index in [0.29, 0.717) is 0 Å². The second-order valence-electron chi connectivity index (χ2n) is 18.5. The van der Waals surface area contributed by atoms with E-state index in [1.807, 2.05) is 11.3 Å². The van der Waals surface area contributed by atoms with Crippen molar-refractivity contribution in [2.75, 3.05) is 9.80 Å². The lowest BCUT2D eigenvalue weighted by Gasteiger charge is -2.41. The molecule has 0 atom stereocenters. The zero-order valence-corrected chi connectivity index (χ0v) is 34.9. The van der Waals surface area contributed by atoms with E-state index in [1.54, 1.807) is 0 Å². The molecule has 1 aromatic heterocycles. The van der Waals surface area contributed by atoms with E-state index in [4.69, 9.17) is 9.47 Å². The first kappa shape index (κ1) is 34.8. The van der Waals surface area contributed by atoms with E-state index in [2.05, 4.69) is 197 Å². The fraction of sp³-hybridized carbons (Fsp3) is 0.154. The first-order valence-electron chi connectivity index (χ1n) is 20.7.